The van der Waals surface area contributed by atoms with Gasteiger partial charge in [-0.25, -0.2) is 14.8 Å². The van der Waals surface area contributed by atoms with Gasteiger partial charge in [-0.05, 0) is 6.08 Å². The standard InChI is InChI=1S/C13H14N4O4/c1-21-10-2-3-13(7-16-10,8-17-12(19)20)11-14-4-9(6-18)5-15-11/h2-6,17H,7-8H2,1H3,(H,19,20). The number of nitrogens with zero attached hydrogens (tertiary/aromatic N) is 3. The van der Waals surface area contributed by atoms with Gasteiger partial charge in [0.25, 0.3) is 0 Å². The number of hydrogen-bond acceptors (Lipinski definition) is 6. The van der Waals surface area contributed by atoms with Crippen LogP contribution in [0.1, 0.15) is 16.2 Å². The highest BCUT2D eigenvalue weighted by Crippen LogP contribution is 2.25. The largest absolute Gasteiger partial charge is 0.481 e. The molecule has 0 aromatic carbocycles. The van der Waals surface area contributed by atoms with E-state index in [-0.39, 0.29) is 13.1 Å². The van der Waals surface area contributed by atoms with Crippen LogP contribution in [0.3, 0.4) is 0 Å². The third kappa shape index (κ3) is 3.22. The van der Waals surface area contributed by atoms with Crippen LogP contribution in [-0.4, -0.2) is 53.6 Å². The number of rotatable bonds is 4. The lowest BCUT2D eigenvalue weighted by Crippen LogP contribution is -2.44. The SMILES string of the molecule is COC1=NCC(CNC(=O)O)(c2ncc(C=O)cn2)C=C1. The molecular weight excluding hydrogens is 276 g/mol. The Bertz CT molecular complexity index is 597. The highest BCUT2D eigenvalue weighted by molar-refractivity contribution is 5.88. The molecular formula is C13H14N4O4. The monoisotopic (exact) mass is 290 g/mol. The molecule has 0 fully saturated rings. The molecule has 1 aliphatic rings. The fourth-order valence-electron chi connectivity index (χ4n) is 1.92. The summed E-state index contributed by atoms with van der Waals surface area (Å²) in [5.41, 5.74) is -0.456. The zero-order valence-corrected chi connectivity index (χ0v) is 11.3. The average Bonchev–Trinajstić information content (AvgIpc) is 2.53. The first-order valence-corrected chi connectivity index (χ1v) is 6.12. The maximum absolute atomic E-state index is 10.8. The van der Waals surface area contributed by atoms with Crippen LogP contribution in [0.25, 0.3) is 0 Å². The van der Waals surface area contributed by atoms with Crippen LogP contribution in [0.5, 0.6) is 0 Å². The third-order valence-corrected chi connectivity index (χ3v) is 3.08. The molecule has 0 bridgehead atoms. The van der Waals surface area contributed by atoms with Crippen molar-refractivity contribution in [3.05, 3.63) is 35.9 Å². The van der Waals surface area contributed by atoms with Crippen molar-refractivity contribution in [3.8, 4) is 0 Å². The number of dihydropyridines is 1. The number of aromatic nitrogens is 2. The van der Waals surface area contributed by atoms with E-state index in [0.29, 0.717) is 23.6 Å². The van der Waals surface area contributed by atoms with Crippen LogP contribution in [0, 0.1) is 0 Å². The first-order valence-electron chi connectivity index (χ1n) is 6.12. The molecule has 0 aliphatic carbocycles. The Morgan fingerprint density at radius 2 is 2.24 bits per heavy atom. The van der Waals surface area contributed by atoms with E-state index in [1.807, 2.05) is 0 Å². The van der Waals surface area contributed by atoms with E-state index in [4.69, 9.17) is 9.84 Å². The second-order valence-corrected chi connectivity index (χ2v) is 4.46. The molecule has 1 amide bonds. The normalized spacial score (nSPS) is 20.5. The Morgan fingerprint density at radius 3 is 2.71 bits per heavy atom. The summed E-state index contributed by atoms with van der Waals surface area (Å²) in [5.74, 6) is 0.836. The van der Waals surface area contributed by atoms with Gasteiger partial charge < -0.3 is 15.2 Å². The minimum absolute atomic E-state index is 0.0692. The van der Waals surface area contributed by atoms with E-state index >= 15 is 0 Å². The fraction of sp³-hybridized carbons (Fsp3) is 0.308. The van der Waals surface area contributed by atoms with Crippen LogP contribution >= 0.6 is 0 Å². The lowest BCUT2D eigenvalue weighted by molar-refractivity contribution is 0.112. The van der Waals surface area contributed by atoms with E-state index in [2.05, 4.69) is 20.3 Å². The number of aldehydes is 1. The Balaban J connectivity index is 2.32. The lowest BCUT2D eigenvalue weighted by atomic mass is 9.85. The first-order chi connectivity index (χ1) is 10.1. The van der Waals surface area contributed by atoms with Gasteiger partial charge >= 0.3 is 6.09 Å². The van der Waals surface area contributed by atoms with Gasteiger partial charge in [-0.2, -0.15) is 0 Å². The van der Waals surface area contributed by atoms with E-state index in [0.717, 1.165) is 0 Å². The highest BCUT2D eigenvalue weighted by atomic mass is 16.5. The minimum atomic E-state index is -1.14. The first kappa shape index (κ1) is 14.6. The molecule has 2 N–H and O–H groups in total. The Morgan fingerprint density at radius 1 is 1.52 bits per heavy atom. The van der Waals surface area contributed by atoms with Crippen LogP contribution in [-0.2, 0) is 10.2 Å². The predicted octanol–water partition coefficient (Wildman–Crippen LogP) is 0.409. The summed E-state index contributed by atoms with van der Waals surface area (Å²) in [5, 5.41) is 11.1. The second-order valence-electron chi connectivity index (χ2n) is 4.46. The number of methoxy groups -OCH3 is 1. The number of aliphatic imine (C=N–C) groups is 1. The molecule has 0 saturated carbocycles. The molecule has 8 nitrogen and oxygen atoms in total. The maximum atomic E-state index is 10.8. The van der Waals surface area contributed by atoms with Gasteiger partial charge in [0.05, 0.1) is 24.6 Å². The van der Waals surface area contributed by atoms with Gasteiger partial charge in [0.1, 0.15) is 5.82 Å². The van der Waals surface area contributed by atoms with Crippen molar-refractivity contribution in [2.75, 3.05) is 20.2 Å². The summed E-state index contributed by atoms with van der Waals surface area (Å²) >= 11 is 0. The van der Waals surface area contributed by atoms with Crippen LogP contribution in [0.4, 0.5) is 4.79 Å². The van der Waals surface area contributed by atoms with Crippen molar-refractivity contribution in [1.82, 2.24) is 15.3 Å². The average molecular weight is 290 g/mol. The zero-order valence-electron chi connectivity index (χ0n) is 11.3. The van der Waals surface area contributed by atoms with E-state index < -0.39 is 11.5 Å². The summed E-state index contributed by atoms with van der Waals surface area (Å²) in [6.45, 7) is 0.313. The van der Waals surface area contributed by atoms with Crippen LogP contribution < -0.4 is 5.32 Å². The number of carbonyl (C=O) groups is 2. The topological polar surface area (TPSA) is 114 Å². The van der Waals surface area contributed by atoms with E-state index in [1.54, 1.807) is 12.2 Å². The molecule has 0 radical (unpaired) electrons. The van der Waals surface area contributed by atoms with Gasteiger partial charge in [-0.15, -0.1) is 0 Å². The number of hydrogen-bond donors (Lipinski definition) is 2. The summed E-state index contributed by atoms with van der Waals surface area (Å²) in [6, 6.07) is 0. The summed E-state index contributed by atoms with van der Waals surface area (Å²) in [7, 11) is 1.50. The quantitative estimate of drug-likeness (QED) is 0.776. The molecule has 21 heavy (non-hydrogen) atoms. The number of nitrogens with one attached hydrogen (secondary N) is 1. The van der Waals surface area contributed by atoms with Crippen molar-refractivity contribution >= 4 is 18.3 Å². The van der Waals surface area contributed by atoms with Crippen molar-refractivity contribution in [2.24, 2.45) is 4.99 Å². The van der Waals surface area contributed by atoms with Gasteiger partial charge in [0, 0.05) is 18.9 Å². The lowest BCUT2D eigenvalue weighted by Gasteiger charge is -2.29. The Labute approximate surface area is 120 Å². The van der Waals surface area contributed by atoms with Crippen molar-refractivity contribution in [1.29, 1.82) is 0 Å². The number of ether oxygens (including phenoxy) is 1. The predicted molar refractivity (Wildman–Crippen MR) is 73.6 cm³/mol. The number of amides is 1. The summed E-state index contributed by atoms with van der Waals surface area (Å²) < 4.78 is 5.02. The molecule has 2 heterocycles. The van der Waals surface area contributed by atoms with Crippen molar-refractivity contribution in [2.45, 2.75) is 5.41 Å². The van der Waals surface area contributed by atoms with Gasteiger partial charge in [-0.3, -0.25) is 9.79 Å². The van der Waals surface area contributed by atoms with Gasteiger partial charge in [0.15, 0.2) is 6.29 Å². The zero-order chi connectivity index (χ0) is 15.3. The molecule has 110 valence electrons. The maximum Gasteiger partial charge on any atom is 0.404 e. The van der Waals surface area contributed by atoms with E-state index in [1.165, 1.54) is 19.5 Å². The Hall–Kier alpha value is -2.77. The summed E-state index contributed by atoms with van der Waals surface area (Å²) in [6.07, 6.45) is 5.68. The second kappa shape index (κ2) is 6.12. The third-order valence-electron chi connectivity index (χ3n) is 3.08. The van der Waals surface area contributed by atoms with E-state index in [9.17, 15) is 9.59 Å². The van der Waals surface area contributed by atoms with Crippen LogP contribution in [0.15, 0.2) is 29.5 Å². The molecule has 1 aromatic rings. The molecule has 1 aliphatic heterocycles. The van der Waals surface area contributed by atoms with Crippen molar-refractivity contribution < 1.29 is 19.4 Å². The van der Waals surface area contributed by atoms with Gasteiger partial charge in [-0.1, -0.05) is 6.08 Å². The van der Waals surface area contributed by atoms with Crippen molar-refractivity contribution in [3.63, 3.8) is 0 Å². The minimum Gasteiger partial charge on any atom is -0.481 e. The van der Waals surface area contributed by atoms with Crippen LogP contribution in [0.2, 0.25) is 0 Å². The highest BCUT2D eigenvalue weighted by Gasteiger charge is 2.35. The molecule has 8 heteroatoms. The molecule has 0 spiro atoms. The molecule has 0 saturated heterocycles. The molecule has 1 atom stereocenters. The number of carboxylic acid groups (broad SMARTS) is 1. The molecule has 1 unspecified atom stereocenters. The summed E-state index contributed by atoms with van der Waals surface area (Å²) in [4.78, 5) is 33.9. The number of carbonyl (C=O) groups excluding carboxylic acids is 1. The fourth-order valence-corrected chi connectivity index (χ4v) is 1.92. The smallest absolute Gasteiger partial charge is 0.404 e. The Kier molecular flexibility index (Phi) is 4.27. The molecule has 2 rings (SSSR count). The molecule has 1 aromatic heterocycles. The van der Waals surface area contributed by atoms with Gasteiger partial charge in [0.2, 0.25) is 5.90 Å².